The number of benzene rings is 2. The summed E-state index contributed by atoms with van der Waals surface area (Å²) in [5.41, 5.74) is 0.444. The summed E-state index contributed by atoms with van der Waals surface area (Å²) in [5, 5.41) is 0. The van der Waals surface area contributed by atoms with Crippen LogP contribution >= 0.6 is 0 Å². The van der Waals surface area contributed by atoms with Crippen LogP contribution in [0.4, 0.5) is 0 Å². The van der Waals surface area contributed by atoms with E-state index in [1.165, 1.54) is 51.0 Å². The molecule has 0 radical (unpaired) electrons. The quantitative estimate of drug-likeness (QED) is 0.0629. The van der Waals surface area contributed by atoms with Crippen molar-refractivity contribution in [2.24, 2.45) is 11.8 Å². The molecule has 0 aliphatic heterocycles. The van der Waals surface area contributed by atoms with Crippen LogP contribution in [0.3, 0.4) is 0 Å². The van der Waals surface area contributed by atoms with Crippen molar-refractivity contribution in [3.63, 3.8) is 0 Å². The minimum atomic E-state index is -1.48. The van der Waals surface area contributed by atoms with Crippen molar-refractivity contribution in [1.29, 1.82) is 0 Å². The van der Waals surface area contributed by atoms with Crippen LogP contribution in [0.15, 0.2) is 48.5 Å². The summed E-state index contributed by atoms with van der Waals surface area (Å²) in [4.78, 5) is 24.9. The van der Waals surface area contributed by atoms with Gasteiger partial charge in [-0.1, -0.05) is 72.1 Å². The Morgan fingerprint density at radius 1 is 0.674 bits per heavy atom. The van der Waals surface area contributed by atoms with E-state index in [4.69, 9.17) is 18.3 Å². The lowest BCUT2D eigenvalue weighted by atomic mass is 9.94. The first kappa shape index (κ1) is 36.8. The Morgan fingerprint density at radius 3 is 1.70 bits per heavy atom. The second-order valence-electron chi connectivity index (χ2n) is 13.4. The van der Waals surface area contributed by atoms with E-state index in [2.05, 4.69) is 39.7 Å². The van der Waals surface area contributed by atoms with Gasteiger partial charge in [-0.2, -0.15) is 0 Å². The highest BCUT2D eigenvalue weighted by Gasteiger charge is 2.28. The summed E-state index contributed by atoms with van der Waals surface area (Å²) in [5.74, 6) is 0.928. The van der Waals surface area contributed by atoms with Crippen LogP contribution in [0.5, 0.6) is 17.2 Å². The van der Waals surface area contributed by atoms with Gasteiger partial charge in [0.05, 0.1) is 18.1 Å². The average molecular weight is 629 g/mol. The fraction of sp³-hybridized carbons (Fsp3) is 0.600. The van der Waals surface area contributed by atoms with Gasteiger partial charge in [0.1, 0.15) is 17.2 Å². The molecule has 0 bridgehead atoms. The number of hydrogen-bond acceptors (Lipinski definition) is 6. The molecule has 43 heavy (non-hydrogen) atoms. The molecule has 0 N–H and O–H groups in total. The number of rotatable bonds is 20. The van der Waals surface area contributed by atoms with Crippen molar-refractivity contribution in [1.82, 2.24) is 0 Å². The molecule has 0 fully saturated rings. The number of unbranched alkanes of at least 4 members (excludes halogenated alkanes) is 7. The molecule has 2 atom stereocenters. The van der Waals surface area contributed by atoms with Crippen LogP contribution in [-0.4, -0.2) is 35.2 Å². The van der Waals surface area contributed by atoms with Crippen molar-refractivity contribution in [2.45, 2.75) is 117 Å². The highest BCUT2D eigenvalue weighted by atomic mass is 28.4. The summed E-state index contributed by atoms with van der Waals surface area (Å²) in [6.45, 7) is 18.3. The molecule has 0 aliphatic carbocycles. The van der Waals surface area contributed by atoms with Crippen molar-refractivity contribution in [3.8, 4) is 17.2 Å². The summed E-state index contributed by atoms with van der Waals surface area (Å²) in [6.07, 6.45) is 10.9. The molecule has 2 aromatic rings. The van der Waals surface area contributed by atoms with Crippen LogP contribution < -0.4 is 14.2 Å². The Hall–Kier alpha value is -2.43. The van der Waals surface area contributed by atoms with E-state index in [0.29, 0.717) is 23.7 Å². The molecule has 0 heterocycles. The van der Waals surface area contributed by atoms with E-state index >= 15 is 0 Å². The fourth-order valence-corrected chi connectivity index (χ4v) is 13.1. The van der Waals surface area contributed by atoms with E-state index in [0.717, 1.165) is 18.6 Å². The molecule has 0 unspecified atom stereocenters. The van der Waals surface area contributed by atoms with Gasteiger partial charge in [0, 0.05) is 0 Å². The van der Waals surface area contributed by atoms with Crippen molar-refractivity contribution in [3.05, 3.63) is 54.1 Å². The number of carbonyl (C=O) groups is 2. The zero-order valence-corrected chi connectivity index (χ0v) is 30.0. The highest BCUT2D eigenvalue weighted by Crippen LogP contribution is 2.24. The topological polar surface area (TPSA) is 71.1 Å². The second-order valence-corrected chi connectivity index (χ2v) is 22.4. The standard InChI is InChI=1S/C35H56O6Si2/c1-9-28(2)29(3)34(36)39-32-22-24-33(25-23-32)40-35(37)30-18-20-31(21-19-30)38-26-16-14-12-10-11-13-15-17-27-43(7,8)41-42(4,5)6/h18-25,28-29H,9-17,26-27H2,1-8H3/t28-,29-/m0/s1. The smallest absolute Gasteiger partial charge is 0.343 e. The lowest BCUT2D eigenvalue weighted by Crippen LogP contribution is -2.42. The normalized spacial score (nSPS) is 13.3. The van der Waals surface area contributed by atoms with Gasteiger partial charge in [-0.25, -0.2) is 4.79 Å². The third kappa shape index (κ3) is 15.2. The van der Waals surface area contributed by atoms with Crippen LogP contribution in [0, 0.1) is 11.8 Å². The maximum Gasteiger partial charge on any atom is 0.343 e. The Bertz CT molecular complexity index is 1090. The largest absolute Gasteiger partial charge is 0.494 e. The van der Waals surface area contributed by atoms with Gasteiger partial charge in [-0.05, 0) is 99.6 Å². The maximum absolute atomic E-state index is 12.6. The number of esters is 2. The zero-order chi connectivity index (χ0) is 31.9. The summed E-state index contributed by atoms with van der Waals surface area (Å²) in [7, 11) is -2.90. The van der Waals surface area contributed by atoms with Gasteiger partial charge in [-0.3, -0.25) is 4.79 Å². The van der Waals surface area contributed by atoms with Gasteiger partial charge in [-0.15, -0.1) is 0 Å². The number of ether oxygens (including phenoxy) is 3. The minimum Gasteiger partial charge on any atom is -0.494 e. The molecule has 0 spiro atoms. The van der Waals surface area contributed by atoms with E-state index in [-0.39, 0.29) is 17.8 Å². The van der Waals surface area contributed by atoms with Crippen LogP contribution in [0.1, 0.15) is 88.9 Å². The predicted molar refractivity (Wildman–Crippen MR) is 181 cm³/mol. The van der Waals surface area contributed by atoms with Gasteiger partial charge in [0.25, 0.3) is 0 Å². The molecule has 0 saturated carbocycles. The highest BCUT2D eigenvalue weighted by molar-refractivity contribution is 6.84. The van der Waals surface area contributed by atoms with Crippen molar-refractivity contribution >= 4 is 28.6 Å². The Labute approximate surface area is 263 Å². The SMILES string of the molecule is CC[C@H](C)[C@H](C)C(=O)Oc1ccc(OC(=O)c2ccc(OCCCCCCCCCC[Si](C)(C)O[Si](C)(C)C)cc2)cc1. The van der Waals surface area contributed by atoms with Crippen LogP contribution in [0.2, 0.25) is 38.8 Å². The van der Waals surface area contributed by atoms with E-state index < -0.39 is 22.6 Å². The molecule has 6 nitrogen and oxygen atoms in total. The molecule has 2 aromatic carbocycles. The lowest BCUT2D eigenvalue weighted by molar-refractivity contribution is -0.140. The van der Waals surface area contributed by atoms with Gasteiger partial charge in [0.2, 0.25) is 0 Å². The zero-order valence-electron chi connectivity index (χ0n) is 28.0. The van der Waals surface area contributed by atoms with Crippen molar-refractivity contribution in [2.75, 3.05) is 6.61 Å². The Balaban J connectivity index is 1.58. The monoisotopic (exact) mass is 628 g/mol. The average Bonchev–Trinajstić information content (AvgIpc) is 2.95. The van der Waals surface area contributed by atoms with E-state index in [9.17, 15) is 9.59 Å². The summed E-state index contributed by atoms with van der Waals surface area (Å²) >= 11 is 0. The van der Waals surface area contributed by atoms with Crippen molar-refractivity contribution < 1.29 is 27.9 Å². The Morgan fingerprint density at radius 2 is 1.16 bits per heavy atom. The molecule has 2 rings (SSSR count). The molecule has 0 aliphatic rings. The van der Waals surface area contributed by atoms with E-state index in [1.807, 2.05) is 13.8 Å². The number of carbonyl (C=O) groups excluding carboxylic acids is 2. The molecule has 0 aromatic heterocycles. The first-order valence-electron chi connectivity index (χ1n) is 16.3. The predicted octanol–water partition coefficient (Wildman–Crippen LogP) is 10.0. The molecular formula is C35H56O6Si2. The minimum absolute atomic E-state index is 0.181. The fourth-order valence-electron chi connectivity index (χ4n) is 5.01. The number of hydrogen-bond donors (Lipinski definition) is 0. The van der Waals surface area contributed by atoms with Gasteiger partial charge < -0.3 is 18.3 Å². The molecule has 0 amide bonds. The van der Waals surface area contributed by atoms with Crippen LogP contribution in [0.25, 0.3) is 0 Å². The summed E-state index contributed by atoms with van der Waals surface area (Å²) in [6, 6.07) is 14.8. The summed E-state index contributed by atoms with van der Waals surface area (Å²) < 4.78 is 23.2. The van der Waals surface area contributed by atoms with Gasteiger partial charge >= 0.3 is 11.9 Å². The first-order valence-corrected chi connectivity index (χ1v) is 22.8. The van der Waals surface area contributed by atoms with E-state index in [1.54, 1.807) is 48.5 Å². The second kappa shape index (κ2) is 18.4. The lowest BCUT2D eigenvalue weighted by Gasteiger charge is -2.31. The Kier molecular flexibility index (Phi) is 15.7. The third-order valence-corrected chi connectivity index (χ3v) is 14.0. The molecule has 8 heteroatoms. The maximum atomic E-state index is 12.6. The van der Waals surface area contributed by atoms with Gasteiger partial charge in [0.15, 0.2) is 16.6 Å². The molecular weight excluding hydrogens is 573 g/mol. The first-order chi connectivity index (χ1) is 20.3. The molecule has 240 valence electrons. The third-order valence-electron chi connectivity index (χ3n) is 7.74. The molecule has 0 saturated heterocycles. The van der Waals surface area contributed by atoms with Crippen LogP contribution in [-0.2, 0) is 8.91 Å².